The third-order valence-electron chi connectivity index (χ3n) is 13.6. The zero-order chi connectivity index (χ0) is 39.6. The molecule has 0 unspecified atom stereocenters. The Labute approximate surface area is 346 Å². The van der Waals surface area contributed by atoms with Crippen LogP contribution in [-0.2, 0) is 10.8 Å². The minimum atomic E-state index is -0.493. The first-order valence-corrected chi connectivity index (χ1v) is 21.1. The first-order chi connectivity index (χ1) is 29.2. The molecule has 0 saturated carbocycles. The van der Waals surface area contributed by atoms with E-state index in [1.54, 1.807) is 0 Å². The van der Waals surface area contributed by atoms with Crippen molar-refractivity contribution in [1.29, 1.82) is 0 Å². The first-order valence-electron chi connectivity index (χ1n) is 21.1. The normalized spacial score (nSPS) is 13.2. The predicted octanol–water partition coefficient (Wildman–Crippen LogP) is 15.1. The molecule has 0 amide bonds. The molecular formula is C58H45N. The summed E-state index contributed by atoms with van der Waals surface area (Å²) < 4.78 is 2.45. The summed E-state index contributed by atoms with van der Waals surface area (Å²) in [6.45, 7) is 4.77. The molecule has 282 valence electrons. The molecule has 11 rings (SSSR count). The van der Waals surface area contributed by atoms with E-state index in [2.05, 4.69) is 231 Å². The van der Waals surface area contributed by atoms with Gasteiger partial charge in [0, 0.05) is 21.6 Å². The lowest BCUT2D eigenvalue weighted by atomic mass is 9.64. The Morgan fingerprint density at radius 2 is 0.898 bits per heavy atom. The quantitative estimate of drug-likeness (QED) is 0.136. The van der Waals surface area contributed by atoms with Crippen LogP contribution in [0.4, 0.5) is 0 Å². The topological polar surface area (TPSA) is 4.93 Å². The average molecular weight is 756 g/mol. The standard InChI is InChI=1S/C58H45N/c1-3-57(4-2)52-38-42(41-32-36-56-51(37-41)50-28-16-17-29-55(50)59(56)54-30-18-20-40-19-14-15-27-47(40)54)31-34-48(52)49-35-33-46(39-53(49)57)58(43-21-8-5-9-22-43,44-23-10-6-11-24-44)45-25-12-7-13-26-45/h5-39H,3-4H2,1-2H3. The van der Waals surface area contributed by atoms with E-state index >= 15 is 0 Å². The van der Waals surface area contributed by atoms with Crippen molar-refractivity contribution < 1.29 is 0 Å². The summed E-state index contributed by atoms with van der Waals surface area (Å²) in [4.78, 5) is 0. The second-order valence-corrected chi connectivity index (χ2v) is 16.2. The zero-order valence-corrected chi connectivity index (χ0v) is 33.6. The second kappa shape index (κ2) is 13.9. The molecule has 1 aliphatic rings. The molecule has 1 heterocycles. The molecule has 1 aliphatic carbocycles. The first kappa shape index (κ1) is 35.2. The van der Waals surface area contributed by atoms with Crippen LogP contribution in [0.15, 0.2) is 212 Å². The van der Waals surface area contributed by atoms with Crippen molar-refractivity contribution in [2.24, 2.45) is 0 Å². The molecule has 0 N–H and O–H groups in total. The highest BCUT2D eigenvalue weighted by molar-refractivity contribution is 6.11. The third kappa shape index (κ3) is 5.17. The van der Waals surface area contributed by atoms with Crippen LogP contribution in [0.25, 0.3) is 60.5 Å². The Hall–Kier alpha value is -6.96. The number of aromatic nitrogens is 1. The van der Waals surface area contributed by atoms with E-state index in [1.807, 2.05) is 0 Å². The Bertz CT molecular complexity index is 3070. The highest BCUT2D eigenvalue weighted by Crippen LogP contribution is 2.56. The number of para-hydroxylation sites is 1. The van der Waals surface area contributed by atoms with Gasteiger partial charge in [-0.1, -0.05) is 196 Å². The molecule has 0 atom stereocenters. The summed E-state index contributed by atoms with van der Waals surface area (Å²) in [6, 6.07) is 79.3. The number of fused-ring (bicyclic) bond motifs is 7. The van der Waals surface area contributed by atoms with Gasteiger partial charge >= 0.3 is 0 Å². The SMILES string of the molecule is CCC1(CC)c2cc(-c3ccc4c(c3)c3ccccc3n4-c3cccc4ccccc34)ccc2-c2ccc(C(c3ccccc3)(c3ccccc3)c3ccccc3)cc21. The smallest absolute Gasteiger partial charge is 0.0701 e. The fourth-order valence-electron chi connectivity index (χ4n) is 10.8. The highest BCUT2D eigenvalue weighted by Gasteiger charge is 2.44. The lowest BCUT2D eigenvalue weighted by Crippen LogP contribution is -2.32. The van der Waals surface area contributed by atoms with Crippen molar-refractivity contribution in [3.63, 3.8) is 0 Å². The highest BCUT2D eigenvalue weighted by atomic mass is 15.0. The Kier molecular flexibility index (Phi) is 8.27. The fraction of sp³-hybridized carbons (Fsp3) is 0.103. The monoisotopic (exact) mass is 755 g/mol. The second-order valence-electron chi connectivity index (χ2n) is 16.2. The van der Waals surface area contributed by atoms with Crippen molar-refractivity contribution in [2.45, 2.75) is 37.5 Å². The molecule has 0 spiro atoms. The van der Waals surface area contributed by atoms with Crippen molar-refractivity contribution >= 4 is 32.6 Å². The Morgan fingerprint density at radius 3 is 1.56 bits per heavy atom. The summed E-state index contributed by atoms with van der Waals surface area (Å²) in [5, 5.41) is 5.05. The van der Waals surface area contributed by atoms with Gasteiger partial charge < -0.3 is 4.57 Å². The van der Waals surface area contributed by atoms with Crippen LogP contribution < -0.4 is 0 Å². The zero-order valence-electron chi connectivity index (χ0n) is 33.6. The van der Waals surface area contributed by atoms with Crippen molar-refractivity contribution in [3.8, 4) is 27.9 Å². The van der Waals surface area contributed by atoms with Gasteiger partial charge in [0.05, 0.1) is 22.1 Å². The number of benzene rings is 9. The van der Waals surface area contributed by atoms with Gasteiger partial charge in [-0.2, -0.15) is 0 Å². The van der Waals surface area contributed by atoms with Gasteiger partial charge in [-0.25, -0.2) is 0 Å². The van der Waals surface area contributed by atoms with Gasteiger partial charge in [-0.05, 0) is 104 Å². The summed E-state index contributed by atoms with van der Waals surface area (Å²) in [5.74, 6) is 0. The molecular weight excluding hydrogens is 711 g/mol. The fourth-order valence-corrected chi connectivity index (χ4v) is 10.8. The molecule has 0 fully saturated rings. The molecule has 9 aromatic carbocycles. The van der Waals surface area contributed by atoms with Crippen LogP contribution in [0.2, 0.25) is 0 Å². The van der Waals surface area contributed by atoms with Crippen molar-refractivity contribution in [3.05, 3.63) is 246 Å². The van der Waals surface area contributed by atoms with Crippen molar-refractivity contribution in [2.75, 3.05) is 0 Å². The van der Waals surface area contributed by atoms with Gasteiger partial charge in [0.2, 0.25) is 0 Å². The lowest BCUT2D eigenvalue weighted by molar-refractivity contribution is 0.489. The third-order valence-corrected chi connectivity index (χ3v) is 13.6. The van der Waals surface area contributed by atoms with Crippen LogP contribution >= 0.6 is 0 Å². The minimum Gasteiger partial charge on any atom is -0.309 e. The van der Waals surface area contributed by atoms with E-state index in [1.165, 1.54) is 93.9 Å². The summed E-state index contributed by atoms with van der Waals surface area (Å²) in [6.07, 6.45) is 2.03. The number of rotatable bonds is 8. The maximum absolute atomic E-state index is 2.57. The molecule has 0 aliphatic heterocycles. The van der Waals surface area contributed by atoms with Crippen LogP contribution in [0.3, 0.4) is 0 Å². The van der Waals surface area contributed by atoms with Crippen LogP contribution in [0.5, 0.6) is 0 Å². The summed E-state index contributed by atoms with van der Waals surface area (Å²) >= 11 is 0. The maximum atomic E-state index is 2.57. The Morgan fingerprint density at radius 1 is 0.390 bits per heavy atom. The van der Waals surface area contributed by atoms with E-state index in [9.17, 15) is 0 Å². The van der Waals surface area contributed by atoms with E-state index in [0.717, 1.165) is 12.8 Å². The molecule has 0 bridgehead atoms. The van der Waals surface area contributed by atoms with Gasteiger partial charge in [0.25, 0.3) is 0 Å². The van der Waals surface area contributed by atoms with E-state index in [4.69, 9.17) is 0 Å². The van der Waals surface area contributed by atoms with Crippen LogP contribution in [0.1, 0.15) is 60.1 Å². The number of hydrogen-bond donors (Lipinski definition) is 0. The lowest BCUT2D eigenvalue weighted by Gasteiger charge is -2.38. The molecule has 10 aromatic rings. The maximum Gasteiger partial charge on any atom is 0.0701 e. The largest absolute Gasteiger partial charge is 0.309 e. The van der Waals surface area contributed by atoms with Gasteiger partial charge in [0.15, 0.2) is 0 Å². The van der Waals surface area contributed by atoms with Crippen LogP contribution in [-0.4, -0.2) is 4.57 Å². The van der Waals surface area contributed by atoms with E-state index in [0.29, 0.717) is 0 Å². The predicted molar refractivity (Wildman–Crippen MR) is 249 cm³/mol. The van der Waals surface area contributed by atoms with E-state index in [-0.39, 0.29) is 5.41 Å². The molecule has 59 heavy (non-hydrogen) atoms. The molecule has 0 saturated heterocycles. The molecule has 1 aromatic heterocycles. The Balaban J connectivity index is 1.08. The molecule has 1 heteroatoms. The van der Waals surface area contributed by atoms with Gasteiger partial charge in [0.1, 0.15) is 0 Å². The minimum absolute atomic E-state index is 0.124. The van der Waals surface area contributed by atoms with Crippen LogP contribution in [0, 0.1) is 0 Å². The van der Waals surface area contributed by atoms with Crippen molar-refractivity contribution in [1.82, 2.24) is 4.57 Å². The number of nitrogens with zero attached hydrogens (tertiary/aromatic N) is 1. The number of hydrogen-bond acceptors (Lipinski definition) is 0. The average Bonchev–Trinajstić information content (AvgIpc) is 3.79. The summed E-state index contributed by atoms with van der Waals surface area (Å²) in [7, 11) is 0. The molecule has 0 radical (unpaired) electrons. The van der Waals surface area contributed by atoms with Gasteiger partial charge in [-0.3, -0.25) is 0 Å². The van der Waals surface area contributed by atoms with Gasteiger partial charge in [-0.15, -0.1) is 0 Å². The molecule has 1 nitrogen and oxygen atoms in total. The van der Waals surface area contributed by atoms with E-state index < -0.39 is 5.41 Å². The summed E-state index contributed by atoms with van der Waals surface area (Å²) in [5.41, 5.74) is 16.3.